The van der Waals surface area contributed by atoms with Crippen molar-refractivity contribution in [2.45, 2.75) is 6.54 Å². The summed E-state index contributed by atoms with van der Waals surface area (Å²) in [6.07, 6.45) is 2.72. The number of carbonyl (C=O) groups is 1. The molecule has 17 heavy (non-hydrogen) atoms. The van der Waals surface area contributed by atoms with Crippen LogP contribution in [-0.4, -0.2) is 47.8 Å². The third-order valence-corrected chi connectivity index (χ3v) is 1.86. The third-order valence-electron chi connectivity index (χ3n) is 1.86. The molecule has 0 unspecified atom stereocenters. The Morgan fingerprint density at radius 1 is 1.53 bits per heavy atom. The molecule has 0 spiro atoms. The lowest BCUT2D eigenvalue weighted by molar-refractivity contribution is 0.0690. The Bertz CT molecular complexity index is 498. The van der Waals surface area contributed by atoms with Gasteiger partial charge in [0.2, 0.25) is 5.95 Å². The number of nitrogens with zero attached hydrogens (tertiary/aromatic N) is 6. The average Bonchev–Trinajstić information content (AvgIpc) is 2.82. The molecule has 0 bridgehead atoms. The van der Waals surface area contributed by atoms with E-state index in [0.717, 1.165) is 0 Å². The number of carboxylic acids is 1. The van der Waals surface area contributed by atoms with E-state index < -0.39 is 5.97 Å². The van der Waals surface area contributed by atoms with Crippen LogP contribution in [0.25, 0.3) is 0 Å². The van der Waals surface area contributed by atoms with E-state index in [1.165, 1.54) is 23.4 Å². The highest BCUT2D eigenvalue weighted by Gasteiger charge is 2.05. The molecule has 9 nitrogen and oxygen atoms in total. The number of nitrogens with one attached hydrogen (secondary N) is 1. The summed E-state index contributed by atoms with van der Waals surface area (Å²) in [5, 5.41) is 22.6. The maximum Gasteiger partial charge on any atom is 0.354 e. The highest BCUT2D eigenvalue weighted by molar-refractivity contribution is 5.85. The van der Waals surface area contributed by atoms with Gasteiger partial charge >= 0.3 is 5.97 Å². The van der Waals surface area contributed by atoms with Crippen molar-refractivity contribution in [1.82, 2.24) is 30.2 Å². The van der Waals surface area contributed by atoms with E-state index in [-0.39, 0.29) is 11.6 Å². The fourth-order valence-electron chi connectivity index (χ4n) is 1.12. The standard InChI is InChI=1S/C8H9N7O2/c16-7(17)6-1-2-9-8(13-6)10-3-4-15-12-5-11-14-15/h1-2,5H,3-4H2,(H,16,17)(H,9,10,13). The fraction of sp³-hybridized carbons (Fsp3) is 0.250. The van der Waals surface area contributed by atoms with Crippen LogP contribution in [0.2, 0.25) is 0 Å². The predicted octanol–water partition coefficient (Wildman–Crippen LogP) is -0.727. The molecule has 0 aliphatic heterocycles. The maximum atomic E-state index is 10.7. The molecule has 0 amide bonds. The quantitative estimate of drug-likeness (QED) is 0.696. The van der Waals surface area contributed by atoms with Crippen LogP contribution in [0.15, 0.2) is 18.6 Å². The molecular weight excluding hydrogens is 226 g/mol. The van der Waals surface area contributed by atoms with E-state index >= 15 is 0 Å². The minimum atomic E-state index is -1.09. The number of carboxylic acid groups (broad SMARTS) is 1. The summed E-state index contributed by atoms with van der Waals surface area (Å²) in [5.41, 5.74) is -0.0543. The van der Waals surface area contributed by atoms with Crippen molar-refractivity contribution in [3.8, 4) is 0 Å². The van der Waals surface area contributed by atoms with Crippen LogP contribution in [0.4, 0.5) is 5.95 Å². The van der Waals surface area contributed by atoms with Crippen molar-refractivity contribution < 1.29 is 9.90 Å². The van der Waals surface area contributed by atoms with Gasteiger partial charge < -0.3 is 10.4 Å². The molecule has 2 heterocycles. The molecule has 2 aromatic heterocycles. The lowest BCUT2D eigenvalue weighted by atomic mass is 10.4. The summed E-state index contributed by atoms with van der Waals surface area (Å²) in [7, 11) is 0. The largest absolute Gasteiger partial charge is 0.477 e. The van der Waals surface area contributed by atoms with Crippen LogP contribution in [0.1, 0.15) is 10.5 Å². The number of anilines is 1. The van der Waals surface area contributed by atoms with Gasteiger partial charge in [-0.15, -0.1) is 10.2 Å². The second-order valence-corrected chi connectivity index (χ2v) is 3.03. The van der Waals surface area contributed by atoms with Gasteiger partial charge in [0.15, 0.2) is 12.0 Å². The normalized spacial score (nSPS) is 10.1. The van der Waals surface area contributed by atoms with Gasteiger partial charge in [0, 0.05) is 12.7 Å². The maximum absolute atomic E-state index is 10.7. The first kappa shape index (κ1) is 10.9. The van der Waals surface area contributed by atoms with Crippen molar-refractivity contribution in [2.24, 2.45) is 0 Å². The molecular formula is C8H9N7O2. The van der Waals surface area contributed by atoms with Gasteiger partial charge in [0.05, 0.1) is 6.54 Å². The zero-order chi connectivity index (χ0) is 12.1. The fourth-order valence-corrected chi connectivity index (χ4v) is 1.12. The van der Waals surface area contributed by atoms with Crippen LogP contribution in [-0.2, 0) is 6.54 Å². The van der Waals surface area contributed by atoms with E-state index in [9.17, 15) is 4.79 Å². The van der Waals surface area contributed by atoms with Crippen LogP contribution >= 0.6 is 0 Å². The molecule has 0 aliphatic rings. The monoisotopic (exact) mass is 235 g/mol. The molecule has 2 aromatic rings. The summed E-state index contributed by atoms with van der Waals surface area (Å²) >= 11 is 0. The lowest BCUT2D eigenvalue weighted by Crippen LogP contribution is -2.15. The smallest absolute Gasteiger partial charge is 0.354 e. The van der Waals surface area contributed by atoms with Crippen LogP contribution < -0.4 is 5.32 Å². The first-order valence-electron chi connectivity index (χ1n) is 4.76. The molecule has 2 rings (SSSR count). The molecule has 0 saturated carbocycles. The van der Waals surface area contributed by atoms with E-state index in [2.05, 4.69) is 30.7 Å². The molecule has 0 aromatic carbocycles. The molecule has 0 radical (unpaired) electrons. The van der Waals surface area contributed by atoms with Crippen molar-refractivity contribution in [1.29, 1.82) is 0 Å². The van der Waals surface area contributed by atoms with Gasteiger partial charge in [0.25, 0.3) is 0 Å². The highest BCUT2D eigenvalue weighted by atomic mass is 16.4. The minimum Gasteiger partial charge on any atom is -0.477 e. The van der Waals surface area contributed by atoms with Crippen LogP contribution in [0.5, 0.6) is 0 Å². The Labute approximate surface area is 95.5 Å². The van der Waals surface area contributed by atoms with Crippen molar-refractivity contribution in [3.05, 3.63) is 24.3 Å². The zero-order valence-electron chi connectivity index (χ0n) is 8.69. The number of hydrogen-bond acceptors (Lipinski definition) is 7. The molecule has 0 fully saturated rings. The third kappa shape index (κ3) is 2.93. The van der Waals surface area contributed by atoms with E-state index in [1.54, 1.807) is 0 Å². The highest BCUT2D eigenvalue weighted by Crippen LogP contribution is 1.99. The molecule has 0 atom stereocenters. The first-order chi connectivity index (χ1) is 8.25. The van der Waals surface area contributed by atoms with E-state index in [1.807, 2.05) is 0 Å². The van der Waals surface area contributed by atoms with Gasteiger partial charge in [-0.05, 0) is 11.3 Å². The second-order valence-electron chi connectivity index (χ2n) is 3.03. The Balaban J connectivity index is 1.90. The summed E-state index contributed by atoms with van der Waals surface area (Å²) in [6.45, 7) is 0.958. The predicted molar refractivity (Wildman–Crippen MR) is 55.3 cm³/mol. The minimum absolute atomic E-state index is 0.0543. The van der Waals surface area contributed by atoms with Crippen LogP contribution in [0.3, 0.4) is 0 Å². The number of rotatable bonds is 5. The van der Waals surface area contributed by atoms with Gasteiger partial charge in [0.1, 0.15) is 0 Å². The number of aromatic carboxylic acids is 1. The first-order valence-corrected chi connectivity index (χ1v) is 4.76. The summed E-state index contributed by atoms with van der Waals surface area (Å²) in [4.78, 5) is 19.8. The molecule has 9 heteroatoms. The Hall–Kier alpha value is -2.58. The van der Waals surface area contributed by atoms with Crippen molar-refractivity contribution >= 4 is 11.9 Å². The molecule has 0 saturated heterocycles. The number of tetrazole rings is 1. The van der Waals surface area contributed by atoms with Crippen molar-refractivity contribution in [2.75, 3.05) is 11.9 Å². The topological polar surface area (TPSA) is 119 Å². The summed E-state index contributed by atoms with van der Waals surface area (Å²) in [6, 6.07) is 1.33. The van der Waals surface area contributed by atoms with Gasteiger partial charge in [-0.25, -0.2) is 14.8 Å². The Kier molecular flexibility index (Phi) is 3.19. The summed E-state index contributed by atoms with van der Waals surface area (Å²) < 4.78 is 0. The van der Waals surface area contributed by atoms with Gasteiger partial charge in [-0.1, -0.05) is 0 Å². The Morgan fingerprint density at radius 3 is 3.12 bits per heavy atom. The molecule has 2 N–H and O–H groups in total. The number of hydrogen-bond donors (Lipinski definition) is 2. The van der Waals surface area contributed by atoms with E-state index in [4.69, 9.17) is 5.11 Å². The average molecular weight is 235 g/mol. The van der Waals surface area contributed by atoms with E-state index in [0.29, 0.717) is 13.1 Å². The summed E-state index contributed by atoms with van der Waals surface area (Å²) in [5.74, 6) is -0.835. The number of aromatic nitrogens is 6. The van der Waals surface area contributed by atoms with Gasteiger partial charge in [-0.3, -0.25) is 0 Å². The van der Waals surface area contributed by atoms with Crippen molar-refractivity contribution in [3.63, 3.8) is 0 Å². The lowest BCUT2D eigenvalue weighted by Gasteiger charge is -2.03. The second kappa shape index (κ2) is 4.96. The molecule has 88 valence electrons. The molecule has 0 aliphatic carbocycles. The SMILES string of the molecule is O=C(O)c1ccnc(NCCn2ncnn2)n1. The zero-order valence-corrected chi connectivity index (χ0v) is 8.69. The van der Waals surface area contributed by atoms with Crippen LogP contribution in [0, 0.1) is 0 Å². The van der Waals surface area contributed by atoms with Gasteiger partial charge in [-0.2, -0.15) is 4.80 Å². The Morgan fingerprint density at radius 2 is 2.41 bits per heavy atom.